The van der Waals surface area contributed by atoms with Gasteiger partial charge in [-0.1, -0.05) is 5.16 Å². The molecule has 0 aliphatic rings. The van der Waals surface area contributed by atoms with Gasteiger partial charge in [-0.3, -0.25) is 9.20 Å². The van der Waals surface area contributed by atoms with Gasteiger partial charge in [0.2, 0.25) is 15.9 Å². The summed E-state index contributed by atoms with van der Waals surface area (Å²) in [6.07, 6.45) is 2.77. The molecule has 1 N–H and O–H groups in total. The van der Waals surface area contributed by atoms with Crippen molar-refractivity contribution in [2.24, 2.45) is 0 Å². The van der Waals surface area contributed by atoms with E-state index in [2.05, 4.69) is 25.7 Å². The molecule has 12 heteroatoms. The number of nitrogens with zero attached hydrogens (tertiary/aromatic N) is 6. The average Bonchev–Trinajstić information content (AvgIpc) is 3.17. The SMILES string of the molecule is Cc1noc(-c2ccn3c(CNC(=O)CN(C)S(C)(=O)=O)nnc3c2)n1. The maximum atomic E-state index is 11.9. The van der Waals surface area contributed by atoms with Crippen LogP contribution in [-0.4, -0.2) is 63.2 Å². The second-order valence-corrected chi connectivity index (χ2v) is 7.79. The van der Waals surface area contributed by atoms with Crippen molar-refractivity contribution >= 4 is 21.6 Å². The van der Waals surface area contributed by atoms with E-state index in [1.807, 2.05) is 0 Å². The fraction of sp³-hybridized carbons (Fsp3) is 0.357. The zero-order valence-electron chi connectivity index (χ0n) is 14.4. The van der Waals surface area contributed by atoms with Crippen molar-refractivity contribution in [3.8, 4) is 11.5 Å². The summed E-state index contributed by atoms with van der Waals surface area (Å²) in [5.74, 6) is 0.978. The minimum absolute atomic E-state index is 0.108. The van der Waals surface area contributed by atoms with E-state index in [0.29, 0.717) is 28.8 Å². The molecule has 3 heterocycles. The summed E-state index contributed by atoms with van der Waals surface area (Å²) >= 11 is 0. The van der Waals surface area contributed by atoms with Crippen LogP contribution in [0.5, 0.6) is 0 Å². The fourth-order valence-corrected chi connectivity index (χ4v) is 2.51. The first-order chi connectivity index (χ1) is 12.2. The molecule has 0 unspecified atom stereocenters. The van der Waals surface area contributed by atoms with Gasteiger partial charge in [-0.15, -0.1) is 10.2 Å². The zero-order valence-corrected chi connectivity index (χ0v) is 15.2. The minimum atomic E-state index is -3.41. The lowest BCUT2D eigenvalue weighted by Crippen LogP contribution is -2.37. The standard InChI is InChI=1S/C14H17N7O4S/c1-9-16-14(25-19-9)10-4-5-21-11(6-10)17-18-12(21)7-15-13(22)8-20(2)26(3,23)24/h4-6H,7-8H2,1-3H3,(H,15,22). The molecule has 0 bridgehead atoms. The molecule has 26 heavy (non-hydrogen) atoms. The molecular weight excluding hydrogens is 362 g/mol. The van der Waals surface area contributed by atoms with Crippen molar-refractivity contribution in [1.29, 1.82) is 0 Å². The van der Waals surface area contributed by atoms with E-state index in [9.17, 15) is 13.2 Å². The van der Waals surface area contributed by atoms with E-state index in [0.717, 1.165) is 10.6 Å². The number of carbonyl (C=O) groups is 1. The van der Waals surface area contributed by atoms with Crippen LogP contribution in [0.3, 0.4) is 0 Å². The molecule has 1 amide bonds. The first-order valence-electron chi connectivity index (χ1n) is 7.56. The number of aromatic nitrogens is 5. The van der Waals surface area contributed by atoms with Crippen LogP contribution in [0.15, 0.2) is 22.9 Å². The molecule has 0 saturated heterocycles. The monoisotopic (exact) mass is 379 g/mol. The molecule has 3 aromatic rings. The molecule has 0 aliphatic heterocycles. The molecule has 0 atom stereocenters. The number of aryl methyl sites for hydroxylation is 1. The number of fused-ring (bicyclic) bond motifs is 1. The first-order valence-corrected chi connectivity index (χ1v) is 9.41. The Labute approximate surface area is 149 Å². The van der Waals surface area contributed by atoms with E-state index in [1.54, 1.807) is 29.7 Å². The lowest BCUT2D eigenvalue weighted by Gasteiger charge is -2.13. The van der Waals surface area contributed by atoms with Gasteiger partial charge in [0, 0.05) is 18.8 Å². The molecule has 0 aromatic carbocycles. The Morgan fingerprint density at radius 1 is 1.38 bits per heavy atom. The second kappa shape index (κ2) is 6.80. The fourth-order valence-electron chi connectivity index (χ4n) is 2.16. The highest BCUT2D eigenvalue weighted by Gasteiger charge is 2.16. The highest BCUT2D eigenvalue weighted by molar-refractivity contribution is 7.88. The number of nitrogens with one attached hydrogen (secondary N) is 1. The van der Waals surface area contributed by atoms with Gasteiger partial charge in [0.05, 0.1) is 19.3 Å². The number of hydrogen-bond acceptors (Lipinski definition) is 8. The van der Waals surface area contributed by atoms with Gasteiger partial charge in [0.1, 0.15) is 0 Å². The number of amides is 1. The maximum absolute atomic E-state index is 11.9. The first kappa shape index (κ1) is 17.9. The smallest absolute Gasteiger partial charge is 0.258 e. The Balaban J connectivity index is 1.70. The highest BCUT2D eigenvalue weighted by atomic mass is 32.2. The summed E-state index contributed by atoms with van der Waals surface area (Å²) in [5.41, 5.74) is 1.26. The Kier molecular flexibility index (Phi) is 4.70. The summed E-state index contributed by atoms with van der Waals surface area (Å²) in [7, 11) is -2.08. The Bertz CT molecular complexity index is 1060. The second-order valence-electron chi connectivity index (χ2n) is 5.70. The molecule has 0 aliphatic carbocycles. The number of likely N-dealkylation sites (N-methyl/N-ethyl adjacent to an activating group) is 1. The third-order valence-corrected chi connectivity index (χ3v) is 4.89. The molecule has 3 aromatic heterocycles. The zero-order chi connectivity index (χ0) is 18.9. The third-order valence-electron chi connectivity index (χ3n) is 3.63. The van der Waals surface area contributed by atoms with E-state index >= 15 is 0 Å². The third kappa shape index (κ3) is 3.86. The van der Waals surface area contributed by atoms with Crippen molar-refractivity contribution in [3.63, 3.8) is 0 Å². The quantitative estimate of drug-likeness (QED) is 0.611. The Morgan fingerprint density at radius 3 is 2.81 bits per heavy atom. The lowest BCUT2D eigenvalue weighted by atomic mass is 10.2. The predicted octanol–water partition coefficient (Wildman–Crippen LogP) is -0.405. The van der Waals surface area contributed by atoms with Crippen molar-refractivity contribution in [1.82, 2.24) is 34.4 Å². The summed E-state index contributed by atoms with van der Waals surface area (Å²) in [6.45, 7) is 1.57. The number of sulfonamides is 1. The van der Waals surface area contributed by atoms with Crippen LogP contribution in [0, 0.1) is 6.92 Å². The van der Waals surface area contributed by atoms with Crippen molar-refractivity contribution in [2.75, 3.05) is 19.8 Å². The summed E-state index contributed by atoms with van der Waals surface area (Å²) < 4.78 is 30.4. The number of rotatable bonds is 6. The van der Waals surface area contributed by atoms with Crippen LogP contribution < -0.4 is 5.32 Å². The molecular formula is C14H17N7O4S. The van der Waals surface area contributed by atoms with Gasteiger partial charge >= 0.3 is 0 Å². The van der Waals surface area contributed by atoms with Gasteiger partial charge in [0.15, 0.2) is 17.3 Å². The molecule has 0 spiro atoms. The molecule has 3 rings (SSSR count). The van der Waals surface area contributed by atoms with Gasteiger partial charge in [-0.25, -0.2) is 8.42 Å². The largest absolute Gasteiger partial charge is 0.348 e. The van der Waals surface area contributed by atoms with Crippen LogP contribution in [0.25, 0.3) is 17.1 Å². The van der Waals surface area contributed by atoms with Gasteiger partial charge in [-0.2, -0.15) is 9.29 Å². The van der Waals surface area contributed by atoms with Crippen molar-refractivity contribution in [2.45, 2.75) is 13.5 Å². The molecule has 0 radical (unpaired) electrons. The maximum Gasteiger partial charge on any atom is 0.258 e. The molecule has 0 fully saturated rings. The summed E-state index contributed by atoms with van der Waals surface area (Å²) in [5, 5.41) is 14.5. The van der Waals surface area contributed by atoms with E-state index in [4.69, 9.17) is 4.52 Å². The number of hydrogen-bond donors (Lipinski definition) is 1. The van der Waals surface area contributed by atoms with E-state index in [-0.39, 0.29) is 13.1 Å². The topological polar surface area (TPSA) is 136 Å². The van der Waals surface area contributed by atoms with E-state index < -0.39 is 15.9 Å². The van der Waals surface area contributed by atoms with Crippen LogP contribution in [0.2, 0.25) is 0 Å². The highest BCUT2D eigenvalue weighted by Crippen LogP contribution is 2.18. The van der Waals surface area contributed by atoms with Gasteiger partial charge in [0.25, 0.3) is 5.89 Å². The summed E-state index contributed by atoms with van der Waals surface area (Å²) in [6, 6.07) is 3.51. The Morgan fingerprint density at radius 2 is 2.15 bits per heavy atom. The predicted molar refractivity (Wildman–Crippen MR) is 90.3 cm³/mol. The van der Waals surface area contributed by atoms with E-state index in [1.165, 1.54) is 7.05 Å². The summed E-state index contributed by atoms with van der Waals surface area (Å²) in [4.78, 5) is 16.0. The van der Waals surface area contributed by atoms with Crippen LogP contribution in [0.1, 0.15) is 11.6 Å². The van der Waals surface area contributed by atoms with Crippen LogP contribution in [-0.2, 0) is 21.4 Å². The van der Waals surface area contributed by atoms with Crippen LogP contribution >= 0.6 is 0 Å². The van der Waals surface area contributed by atoms with Gasteiger partial charge < -0.3 is 9.84 Å². The van der Waals surface area contributed by atoms with Crippen LogP contribution in [0.4, 0.5) is 0 Å². The Hall–Kier alpha value is -2.86. The number of pyridine rings is 1. The minimum Gasteiger partial charge on any atom is -0.348 e. The number of carbonyl (C=O) groups excluding carboxylic acids is 1. The molecule has 11 nitrogen and oxygen atoms in total. The average molecular weight is 379 g/mol. The lowest BCUT2D eigenvalue weighted by molar-refractivity contribution is -0.121. The van der Waals surface area contributed by atoms with Gasteiger partial charge in [-0.05, 0) is 19.1 Å². The van der Waals surface area contributed by atoms with Crippen molar-refractivity contribution < 1.29 is 17.7 Å². The van der Waals surface area contributed by atoms with Crippen molar-refractivity contribution in [3.05, 3.63) is 30.0 Å². The molecule has 0 saturated carbocycles. The molecule has 138 valence electrons. The normalized spacial score (nSPS) is 12.0.